The average molecular weight is 220 g/mol. The molecule has 4 nitrogen and oxygen atoms in total. The summed E-state index contributed by atoms with van der Waals surface area (Å²) in [7, 11) is 0. The van der Waals surface area contributed by atoms with E-state index < -0.39 is 0 Å². The van der Waals surface area contributed by atoms with Crippen molar-refractivity contribution < 1.29 is 0 Å². The van der Waals surface area contributed by atoms with Gasteiger partial charge in [0.25, 0.3) is 0 Å². The number of aromatic nitrogens is 2. The molecule has 1 N–H and O–H groups in total. The van der Waals surface area contributed by atoms with Gasteiger partial charge in [-0.3, -0.25) is 0 Å². The van der Waals surface area contributed by atoms with E-state index in [1.807, 2.05) is 0 Å². The number of fused-ring (bicyclic) bond motifs is 1. The van der Waals surface area contributed by atoms with Gasteiger partial charge in [-0.2, -0.15) is 0 Å². The summed E-state index contributed by atoms with van der Waals surface area (Å²) in [4.78, 5) is 11.5. The zero-order valence-electron chi connectivity index (χ0n) is 10.4. The van der Waals surface area contributed by atoms with Crippen molar-refractivity contribution in [2.24, 2.45) is 0 Å². The highest BCUT2D eigenvalue weighted by Crippen LogP contribution is 2.18. The third-order valence-electron chi connectivity index (χ3n) is 3.17. The molecule has 0 radical (unpaired) electrons. The molecule has 0 aromatic carbocycles. The topological polar surface area (TPSA) is 41.1 Å². The van der Waals surface area contributed by atoms with Crippen molar-refractivity contribution in [3.05, 3.63) is 17.0 Å². The Morgan fingerprint density at radius 1 is 1.25 bits per heavy atom. The molecule has 0 fully saturated rings. The van der Waals surface area contributed by atoms with Crippen LogP contribution in [0, 0.1) is 6.92 Å². The molecule has 0 spiro atoms. The van der Waals surface area contributed by atoms with Gasteiger partial charge >= 0.3 is 0 Å². The lowest BCUT2D eigenvalue weighted by atomic mass is 10.1. The summed E-state index contributed by atoms with van der Waals surface area (Å²) < 4.78 is 0. The number of nitrogens with one attached hydrogen (secondary N) is 1. The Morgan fingerprint density at radius 2 is 2.00 bits per heavy atom. The summed E-state index contributed by atoms with van der Waals surface area (Å²) in [6, 6.07) is 0. The minimum atomic E-state index is 0.892. The highest BCUT2D eigenvalue weighted by Gasteiger charge is 2.16. The number of aryl methyl sites for hydroxylation is 1. The molecule has 1 aromatic heterocycles. The Kier molecular flexibility index (Phi) is 3.39. The van der Waals surface area contributed by atoms with Crippen molar-refractivity contribution in [1.82, 2.24) is 15.3 Å². The molecule has 0 aliphatic carbocycles. The first-order valence-electron chi connectivity index (χ1n) is 6.08. The molecular formula is C12H20N4. The van der Waals surface area contributed by atoms with Crippen LogP contribution in [0.4, 0.5) is 5.95 Å². The van der Waals surface area contributed by atoms with Gasteiger partial charge in [-0.25, -0.2) is 9.97 Å². The van der Waals surface area contributed by atoms with Crippen LogP contribution in [0.15, 0.2) is 0 Å². The molecule has 4 heteroatoms. The third-order valence-corrected chi connectivity index (χ3v) is 3.17. The number of rotatable bonds is 3. The van der Waals surface area contributed by atoms with Gasteiger partial charge in [0.1, 0.15) is 0 Å². The Labute approximate surface area is 97.1 Å². The van der Waals surface area contributed by atoms with E-state index in [1.54, 1.807) is 0 Å². The molecule has 2 heterocycles. The highest BCUT2D eigenvalue weighted by molar-refractivity contribution is 5.37. The van der Waals surface area contributed by atoms with E-state index in [4.69, 9.17) is 4.98 Å². The van der Waals surface area contributed by atoms with Gasteiger partial charge in [-0.05, 0) is 20.8 Å². The highest BCUT2D eigenvalue weighted by atomic mass is 15.2. The van der Waals surface area contributed by atoms with Crippen molar-refractivity contribution >= 4 is 5.95 Å². The van der Waals surface area contributed by atoms with Crippen LogP contribution in [-0.4, -0.2) is 29.6 Å². The molecule has 1 aliphatic rings. The number of anilines is 1. The molecule has 0 amide bonds. The first-order chi connectivity index (χ1) is 7.76. The van der Waals surface area contributed by atoms with E-state index in [0.29, 0.717) is 0 Å². The zero-order valence-corrected chi connectivity index (χ0v) is 10.4. The molecule has 1 aliphatic heterocycles. The largest absolute Gasteiger partial charge is 0.341 e. The van der Waals surface area contributed by atoms with Crippen LogP contribution in [0.3, 0.4) is 0 Å². The van der Waals surface area contributed by atoms with Crippen LogP contribution in [0.1, 0.15) is 30.8 Å². The Bertz CT molecular complexity index is 372. The second-order valence-electron chi connectivity index (χ2n) is 4.13. The van der Waals surface area contributed by atoms with Gasteiger partial charge < -0.3 is 10.2 Å². The van der Waals surface area contributed by atoms with E-state index in [2.05, 4.69) is 36.0 Å². The minimum Gasteiger partial charge on any atom is -0.341 e. The fourth-order valence-electron chi connectivity index (χ4n) is 2.14. The molecular weight excluding hydrogens is 200 g/mol. The SMILES string of the molecule is CCN(CC)c1nc(C)c2c(n1)CCNC2. The maximum atomic E-state index is 4.69. The molecule has 2 rings (SSSR count). The zero-order chi connectivity index (χ0) is 11.5. The lowest BCUT2D eigenvalue weighted by Crippen LogP contribution is -2.29. The van der Waals surface area contributed by atoms with Gasteiger partial charge in [-0.15, -0.1) is 0 Å². The van der Waals surface area contributed by atoms with Crippen molar-refractivity contribution in [1.29, 1.82) is 0 Å². The molecule has 1 aromatic rings. The first-order valence-corrected chi connectivity index (χ1v) is 6.08. The number of hydrogen-bond donors (Lipinski definition) is 1. The second kappa shape index (κ2) is 4.78. The van der Waals surface area contributed by atoms with E-state index in [1.165, 1.54) is 11.3 Å². The van der Waals surface area contributed by atoms with Crippen molar-refractivity contribution in [3.63, 3.8) is 0 Å². The van der Waals surface area contributed by atoms with Crippen molar-refractivity contribution in [2.45, 2.75) is 33.7 Å². The summed E-state index contributed by atoms with van der Waals surface area (Å²) in [5.41, 5.74) is 3.65. The Hall–Kier alpha value is -1.16. The van der Waals surface area contributed by atoms with Crippen LogP contribution in [-0.2, 0) is 13.0 Å². The average Bonchev–Trinajstić information content (AvgIpc) is 2.31. The van der Waals surface area contributed by atoms with Crippen LogP contribution in [0.25, 0.3) is 0 Å². The maximum absolute atomic E-state index is 4.69. The van der Waals surface area contributed by atoms with E-state index >= 15 is 0 Å². The maximum Gasteiger partial charge on any atom is 0.225 e. The van der Waals surface area contributed by atoms with Gasteiger partial charge in [0.2, 0.25) is 5.95 Å². The fraction of sp³-hybridized carbons (Fsp3) is 0.667. The monoisotopic (exact) mass is 220 g/mol. The van der Waals surface area contributed by atoms with Crippen LogP contribution in [0.2, 0.25) is 0 Å². The van der Waals surface area contributed by atoms with Gasteiger partial charge in [0.05, 0.1) is 5.69 Å². The molecule has 0 saturated carbocycles. The number of nitrogens with zero attached hydrogens (tertiary/aromatic N) is 3. The second-order valence-corrected chi connectivity index (χ2v) is 4.13. The van der Waals surface area contributed by atoms with Crippen molar-refractivity contribution in [2.75, 3.05) is 24.5 Å². The summed E-state index contributed by atoms with van der Waals surface area (Å²) in [6.07, 6.45) is 1.02. The summed E-state index contributed by atoms with van der Waals surface area (Å²) in [5, 5.41) is 3.36. The fourth-order valence-corrected chi connectivity index (χ4v) is 2.14. The molecule has 0 saturated heterocycles. The third kappa shape index (κ3) is 2.02. The predicted molar refractivity (Wildman–Crippen MR) is 65.7 cm³/mol. The predicted octanol–water partition coefficient (Wildman–Crippen LogP) is 1.28. The van der Waals surface area contributed by atoms with E-state index in [9.17, 15) is 0 Å². The van der Waals surface area contributed by atoms with Gasteiger partial charge in [-0.1, -0.05) is 0 Å². The normalized spacial score (nSPS) is 14.7. The smallest absolute Gasteiger partial charge is 0.225 e. The molecule has 0 atom stereocenters. The summed E-state index contributed by atoms with van der Waals surface area (Å²) in [5.74, 6) is 0.892. The Morgan fingerprint density at radius 3 is 2.69 bits per heavy atom. The summed E-state index contributed by atoms with van der Waals surface area (Å²) >= 11 is 0. The van der Waals surface area contributed by atoms with Gasteiger partial charge in [0.15, 0.2) is 0 Å². The van der Waals surface area contributed by atoms with Crippen LogP contribution >= 0.6 is 0 Å². The summed E-state index contributed by atoms with van der Waals surface area (Å²) in [6.45, 7) is 10.2. The lowest BCUT2D eigenvalue weighted by Gasteiger charge is -2.23. The van der Waals surface area contributed by atoms with E-state index in [-0.39, 0.29) is 0 Å². The standard InChI is InChI=1S/C12H20N4/c1-4-16(5-2)12-14-9(3)10-8-13-7-6-11(10)15-12/h13H,4-8H2,1-3H3. The molecule has 88 valence electrons. The van der Waals surface area contributed by atoms with Crippen LogP contribution < -0.4 is 10.2 Å². The molecule has 16 heavy (non-hydrogen) atoms. The van der Waals surface area contributed by atoms with Crippen molar-refractivity contribution in [3.8, 4) is 0 Å². The van der Waals surface area contributed by atoms with Gasteiger partial charge in [0, 0.05) is 43.9 Å². The molecule has 0 bridgehead atoms. The van der Waals surface area contributed by atoms with E-state index in [0.717, 1.165) is 44.2 Å². The number of hydrogen-bond acceptors (Lipinski definition) is 4. The lowest BCUT2D eigenvalue weighted by molar-refractivity contribution is 0.618. The Balaban J connectivity index is 2.38. The first kappa shape index (κ1) is 11.3. The quantitative estimate of drug-likeness (QED) is 0.833. The molecule has 0 unspecified atom stereocenters. The minimum absolute atomic E-state index is 0.892. The van der Waals surface area contributed by atoms with Crippen LogP contribution in [0.5, 0.6) is 0 Å².